The van der Waals surface area contributed by atoms with Gasteiger partial charge in [-0.1, -0.05) is 42.5 Å². The van der Waals surface area contributed by atoms with Crippen molar-refractivity contribution in [2.24, 2.45) is 0 Å². The Balaban J connectivity index is 1.42. The van der Waals surface area contributed by atoms with Crippen LogP contribution >= 0.6 is 12.2 Å². The predicted molar refractivity (Wildman–Crippen MR) is 105 cm³/mol. The van der Waals surface area contributed by atoms with Crippen LogP contribution in [0.2, 0.25) is 0 Å². The molecule has 0 unspecified atom stereocenters. The third-order valence-corrected chi connectivity index (χ3v) is 4.67. The van der Waals surface area contributed by atoms with Crippen molar-refractivity contribution in [1.82, 2.24) is 10.2 Å². The van der Waals surface area contributed by atoms with Gasteiger partial charge in [0.1, 0.15) is 0 Å². The smallest absolute Gasteiger partial charge is 0.170 e. The number of rotatable bonds is 4. The van der Waals surface area contributed by atoms with Crippen molar-refractivity contribution in [2.45, 2.75) is 32.4 Å². The zero-order chi connectivity index (χ0) is 16.8. The highest BCUT2D eigenvalue weighted by molar-refractivity contribution is 7.80. The van der Waals surface area contributed by atoms with Crippen LogP contribution in [0.15, 0.2) is 54.6 Å². The van der Waals surface area contributed by atoms with Crippen LogP contribution in [0.4, 0.5) is 5.69 Å². The number of thiocarbonyl (C=S) groups is 1. The minimum absolute atomic E-state index is 0.460. The van der Waals surface area contributed by atoms with Crippen molar-refractivity contribution in [3.05, 3.63) is 65.7 Å². The van der Waals surface area contributed by atoms with Crippen molar-refractivity contribution >= 4 is 23.0 Å². The first kappa shape index (κ1) is 16.9. The van der Waals surface area contributed by atoms with Crippen LogP contribution in [0.1, 0.15) is 24.0 Å². The van der Waals surface area contributed by atoms with Gasteiger partial charge in [0, 0.05) is 31.4 Å². The molecule has 0 amide bonds. The summed E-state index contributed by atoms with van der Waals surface area (Å²) in [6, 6.07) is 19.4. The molecule has 4 heteroatoms. The maximum atomic E-state index is 5.46. The third kappa shape index (κ3) is 5.05. The average Bonchev–Trinajstić information content (AvgIpc) is 2.57. The maximum Gasteiger partial charge on any atom is 0.170 e. The molecule has 0 aromatic heterocycles. The van der Waals surface area contributed by atoms with Crippen LogP contribution in [-0.2, 0) is 6.54 Å². The number of likely N-dealkylation sites (tertiary alicyclic amines) is 1. The van der Waals surface area contributed by atoms with Crippen LogP contribution in [0.5, 0.6) is 0 Å². The molecule has 3 rings (SSSR count). The molecule has 126 valence electrons. The normalized spacial score (nSPS) is 15.9. The van der Waals surface area contributed by atoms with Crippen LogP contribution in [0.25, 0.3) is 0 Å². The van der Waals surface area contributed by atoms with E-state index in [9.17, 15) is 0 Å². The first-order chi connectivity index (χ1) is 11.7. The number of hydrogen-bond donors (Lipinski definition) is 2. The summed E-state index contributed by atoms with van der Waals surface area (Å²) in [6.45, 7) is 5.35. The van der Waals surface area contributed by atoms with E-state index in [4.69, 9.17) is 12.2 Å². The summed E-state index contributed by atoms with van der Waals surface area (Å²) < 4.78 is 0. The SMILES string of the molecule is Cc1cccc(NC(=S)NC2CCN(Cc3ccccc3)CC2)c1. The van der Waals surface area contributed by atoms with Gasteiger partial charge in [0.05, 0.1) is 0 Å². The van der Waals surface area contributed by atoms with Crippen molar-refractivity contribution in [3.8, 4) is 0 Å². The standard InChI is InChI=1S/C20H25N3S/c1-16-6-5-9-19(14-16)22-20(24)21-18-10-12-23(13-11-18)15-17-7-3-2-4-8-17/h2-9,14,18H,10-13,15H2,1H3,(H2,21,22,24). The van der Waals surface area contributed by atoms with Gasteiger partial charge in [0.25, 0.3) is 0 Å². The molecule has 1 aliphatic rings. The molecular formula is C20H25N3S. The van der Waals surface area contributed by atoms with Gasteiger partial charge < -0.3 is 10.6 Å². The molecule has 2 N–H and O–H groups in total. The summed E-state index contributed by atoms with van der Waals surface area (Å²) in [6.07, 6.45) is 2.25. The third-order valence-electron chi connectivity index (χ3n) is 4.45. The number of aryl methyl sites for hydroxylation is 1. The molecular weight excluding hydrogens is 314 g/mol. The molecule has 0 spiro atoms. The summed E-state index contributed by atoms with van der Waals surface area (Å²) in [5.41, 5.74) is 3.67. The zero-order valence-corrected chi connectivity index (χ0v) is 15.0. The average molecular weight is 340 g/mol. The minimum atomic E-state index is 0.460. The van der Waals surface area contributed by atoms with Crippen molar-refractivity contribution in [2.75, 3.05) is 18.4 Å². The summed E-state index contributed by atoms with van der Waals surface area (Å²) in [5, 5.41) is 7.48. The number of nitrogens with one attached hydrogen (secondary N) is 2. The number of nitrogens with zero attached hydrogens (tertiary/aromatic N) is 1. The molecule has 1 fully saturated rings. The van der Waals surface area contributed by atoms with Gasteiger partial charge in [-0.25, -0.2) is 0 Å². The van der Waals surface area contributed by atoms with Crippen LogP contribution in [-0.4, -0.2) is 29.1 Å². The van der Waals surface area contributed by atoms with Gasteiger partial charge in [-0.15, -0.1) is 0 Å². The molecule has 24 heavy (non-hydrogen) atoms. The van der Waals surface area contributed by atoms with E-state index in [0.29, 0.717) is 6.04 Å². The monoisotopic (exact) mass is 339 g/mol. The molecule has 2 aromatic carbocycles. The first-order valence-corrected chi connectivity index (χ1v) is 9.00. The molecule has 0 atom stereocenters. The number of benzene rings is 2. The number of piperidine rings is 1. The minimum Gasteiger partial charge on any atom is -0.360 e. The Morgan fingerprint density at radius 3 is 2.54 bits per heavy atom. The highest BCUT2D eigenvalue weighted by atomic mass is 32.1. The maximum absolute atomic E-state index is 5.46. The highest BCUT2D eigenvalue weighted by Gasteiger charge is 2.19. The molecule has 1 saturated heterocycles. The van der Waals surface area contributed by atoms with Gasteiger partial charge in [-0.3, -0.25) is 4.90 Å². The molecule has 0 saturated carbocycles. The van der Waals surface area contributed by atoms with E-state index in [1.54, 1.807) is 0 Å². The van der Waals surface area contributed by atoms with E-state index in [-0.39, 0.29) is 0 Å². The Hall–Kier alpha value is -1.91. The van der Waals surface area contributed by atoms with Crippen molar-refractivity contribution in [3.63, 3.8) is 0 Å². The summed E-state index contributed by atoms with van der Waals surface area (Å²) in [7, 11) is 0. The summed E-state index contributed by atoms with van der Waals surface area (Å²) in [4.78, 5) is 2.52. The molecule has 0 radical (unpaired) electrons. The summed E-state index contributed by atoms with van der Waals surface area (Å²) in [5.74, 6) is 0. The van der Waals surface area contributed by atoms with E-state index < -0.39 is 0 Å². The molecule has 3 nitrogen and oxygen atoms in total. The van der Waals surface area contributed by atoms with E-state index in [1.807, 2.05) is 12.1 Å². The molecule has 1 heterocycles. The van der Waals surface area contributed by atoms with E-state index in [1.165, 1.54) is 11.1 Å². The van der Waals surface area contributed by atoms with Crippen molar-refractivity contribution in [1.29, 1.82) is 0 Å². The van der Waals surface area contributed by atoms with Gasteiger partial charge in [0.15, 0.2) is 5.11 Å². The lowest BCUT2D eigenvalue weighted by molar-refractivity contribution is 0.199. The number of anilines is 1. The van der Waals surface area contributed by atoms with Gasteiger partial charge in [0.2, 0.25) is 0 Å². The second-order valence-corrected chi connectivity index (χ2v) is 6.91. The summed E-state index contributed by atoms with van der Waals surface area (Å²) >= 11 is 5.46. The molecule has 0 aliphatic carbocycles. The Morgan fingerprint density at radius 2 is 1.83 bits per heavy atom. The predicted octanol–water partition coefficient (Wildman–Crippen LogP) is 3.95. The van der Waals surface area contributed by atoms with E-state index in [2.05, 4.69) is 64.9 Å². The van der Waals surface area contributed by atoms with Gasteiger partial charge in [-0.2, -0.15) is 0 Å². The second-order valence-electron chi connectivity index (χ2n) is 6.50. The lowest BCUT2D eigenvalue weighted by Gasteiger charge is -2.33. The Kier molecular flexibility index (Phi) is 5.83. The van der Waals surface area contributed by atoms with Crippen LogP contribution < -0.4 is 10.6 Å². The van der Waals surface area contributed by atoms with E-state index in [0.717, 1.165) is 43.3 Å². The van der Waals surface area contributed by atoms with Gasteiger partial charge >= 0.3 is 0 Å². The number of hydrogen-bond acceptors (Lipinski definition) is 2. The first-order valence-electron chi connectivity index (χ1n) is 8.59. The second kappa shape index (κ2) is 8.27. The fourth-order valence-electron chi connectivity index (χ4n) is 3.15. The lowest BCUT2D eigenvalue weighted by atomic mass is 10.0. The highest BCUT2D eigenvalue weighted by Crippen LogP contribution is 2.14. The fraction of sp³-hybridized carbons (Fsp3) is 0.350. The van der Waals surface area contributed by atoms with Gasteiger partial charge in [-0.05, 0) is 55.2 Å². The zero-order valence-electron chi connectivity index (χ0n) is 14.2. The molecule has 2 aromatic rings. The van der Waals surface area contributed by atoms with Crippen LogP contribution in [0, 0.1) is 6.92 Å². The largest absolute Gasteiger partial charge is 0.360 e. The van der Waals surface area contributed by atoms with Crippen LogP contribution in [0.3, 0.4) is 0 Å². The lowest BCUT2D eigenvalue weighted by Crippen LogP contribution is -2.45. The fourth-order valence-corrected chi connectivity index (χ4v) is 3.44. The van der Waals surface area contributed by atoms with Crippen molar-refractivity contribution < 1.29 is 0 Å². The Bertz CT molecular complexity index is 664. The Labute approximate surface area is 150 Å². The van der Waals surface area contributed by atoms with E-state index >= 15 is 0 Å². The molecule has 0 bridgehead atoms. The quantitative estimate of drug-likeness (QED) is 0.825. The Morgan fingerprint density at radius 1 is 1.08 bits per heavy atom. The molecule has 1 aliphatic heterocycles. The topological polar surface area (TPSA) is 27.3 Å².